The van der Waals surface area contributed by atoms with E-state index in [0.717, 1.165) is 63.5 Å². The van der Waals surface area contributed by atoms with Crippen LogP contribution in [0.1, 0.15) is 44.9 Å². The van der Waals surface area contributed by atoms with Crippen LogP contribution in [-0.4, -0.2) is 30.4 Å². The third-order valence-corrected chi connectivity index (χ3v) is 5.27. The Morgan fingerprint density at radius 1 is 1.23 bits per heavy atom. The van der Waals surface area contributed by atoms with E-state index in [0.29, 0.717) is 12.3 Å². The first-order valence-electron chi connectivity index (χ1n) is 8.22. The van der Waals surface area contributed by atoms with Crippen molar-refractivity contribution in [3.05, 3.63) is 12.2 Å². The van der Waals surface area contributed by atoms with Crippen LogP contribution in [0.4, 0.5) is 8.78 Å². The van der Waals surface area contributed by atoms with Crippen molar-refractivity contribution < 1.29 is 13.6 Å². The summed E-state index contributed by atoms with van der Waals surface area (Å²) in [4.78, 5) is 17.1. The van der Waals surface area contributed by atoms with E-state index in [1.165, 1.54) is 0 Å². The van der Waals surface area contributed by atoms with Crippen molar-refractivity contribution >= 4 is 11.7 Å². The number of nitrogens with zero attached hydrogens (tertiary/aromatic N) is 1. The Bertz CT molecular complexity index is 486. The normalized spacial score (nSPS) is 30.8. The minimum Gasteiger partial charge on any atom is -0.317 e. The maximum absolute atomic E-state index is 12.3. The van der Waals surface area contributed by atoms with Gasteiger partial charge in [-0.25, -0.2) is 0 Å². The van der Waals surface area contributed by atoms with Gasteiger partial charge in [0.2, 0.25) is 0 Å². The van der Waals surface area contributed by atoms with Gasteiger partial charge in [-0.1, -0.05) is 0 Å². The molecule has 22 heavy (non-hydrogen) atoms. The molecule has 0 atom stereocenters. The number of halogens is 2. The van der Waals surface area contributed by atoms with Gasteiger partial charge in [0.25, 0.3) is 12.0 Å². The third-order valence-electron chi connectivity index (χ3n) is 5.27. The van der Waals surface area contributed by atoms with Crippen LogP contribution in [0.2, 0.25) is 0 Å². The van der Waals surface area contributed by atoms with Crippen molar-refractivity contribution in [2.24, 2.45) is 16.8 Å². The Hall–Kier alpha value is -1.30. The van der Waals surface area contributed by atoms with Crippen LogP contribution < -0.4 is 10.6 Å². The smallest absolute Gasteiger partial charge is 0.266 e. The summed E-state index contributed by atoms with van der Waals surface area (Å²) in [6.45, 7) is 1.66. The molecule has 1 saturated heterocycles. The van der Waals surface area contributed by atoms with Gasteiger partial charge in [-0.05, 0) is 70.0 Å². The predicted octanol–water partition coefficient (Wildman–Crippen LogP) is 2.61. The molecule has 0 bridgehead atoms. The lowest BCUT2D eigenvalue weighted by atomic mass is 9.80. The fourth-order valence-electron chi connectivity index (χ4n) is 3.84. The van der Waals surface area contributed by atoms with Gasteiger partial charge >= 0.3 is 0 Å². The van der Waals surface area contributed by atoms with Crippen molar-refractivity contribution in [1.29, 1.82) is 0 Å². The number of nitrogens with one attached hydrogen (secondary N) is 2. The summed E-state index contributed by atoms with van der Waals surface area (Å²) >= 11 is 0. The Kier molecular flexibility index (Phi) is 4.57. The molecule has 122 valence electrons. The van der Waals surface area contributed by atoms with E-state index < -0.39 is 11.6 Å². The second kappa shape index (κ2) is 6.44. The molecule has 1 amide bonds. The summed E-state index contributed by atoms with van der Waals surface area (Å²) < 4.78 is 24.3. The SMILES string of the molecule is O=C1NC([C@H]2CC[C@@H](CC=C(F)F)CC2)=NC12CCNCC2. The summed E-state index contributed by atoms with van der Waals surface area (Å²) in [5, 5.41) is 6.26. The monoisotopic (exact) mass is 311 g/mol. The molecular formula is C16H23F2N3O. The zero-order chi connectivity index (χ0) is 15.6. The highest BCUT2D eigenvalue weighted by atomic mass is 19.3. The number of rotatable bonds is 3. The van der Waals surface area contributed by atoms with Crippen molar-refractivity contribution in [3.63, 3.8) is 0 Å². The molecule has 2 N–H and O–H groups in total. The maximum atomic E-state index is 12.3. The van der Waals surface area contributed by atoms with Gasteiger partial charge in [-0.3, -0.25) is 9.79 Å². The number of carbonyl (C=O) groups excluding carboxylic acids is 1. The molecule has 2 heterocycles. The Balaban J connectivity index is 1.58. The lowest BCUT2D eigenvalue weighted by Gasteiger charge is -2.28. The summed E-state index contributed by atoms with van der Waals surface area (Å²) in [6, 6.07) is 0. The molecule has 0 aromatic heterocycles. The zero-order valence-corrected chi connectivity index (χ0v) is 12.7. The van der Waals surface area contributed by atoms with Crippen molar-refractivity contribution in [2.45, 2.75) is 50.5 Å². The van der Waals surface area contributed by atoms with E-state index in [9.17, 15) is 13.6 Å². The number of aliphatic imine (C=N–C) groups is 1. The Morgan fingerprint density at radius 2 is 1.91 bits per heavy atom. The number of piperidine rings is 1. The van der Waals surface area contributed by atoms with Gasteiger partial charge in [0.15, 0.2) is 0 Å². The largest absolute Gasteiger partial charge is 0.317 e. The average molecular weight is 311 g/mol. The van der Waals surface area contributed by atoms with Crippen LogP contribution in [0.15, 0.2) is 17.1 Å². The molecule has 0 radical (unpaired) electrons. The lowest BCUT2D eigenvalue weighted by Crippen LogP contribution is -2.47. The molecule has 1 aliphatic carbocycles. The summed E-state index contributed by atoms with van der Waals surface area (Å²) in [7, 11) is 0. The quantitative estimate of drug-likeness (QED) is 0.842. The van der Waals surface area contributed by atoms with Gasteiger partial charge in [0, 0.05) is 5.92 Å². The zero-order valence-electron chi connectivity index (χ0n) is 12.7. The van der Waals surface area contributed by atoms with E-state index in [4.69, 9.17) is 4.99 Å². The second-order valence-corrected chi connectivity index (χ2v) is 6.68. The Morgan fingerprint density at radius 3 is 2.55 bits per heavy atom. The predicted molar refractivity (Wildman–Crippen MR) is 80.8 cm³/mol. The molecule has 2 aliphatic heterocycles. The fraction of sp³-hybridized carbons (Fsp3) is 0.750. The first kappa shape index (κ1) is 15.6. The lowest BCUT2D eigenvalue weighted by molar-refractivity contribution is -0.124. The van der Waals surface area contributed by atoms with E-state index in [-0.39, 0.29) is 11.8 Å². The van der Waals surface area contributed by atoms with Gasteiger partial charge in [0.1, 0.15) is 11.4 Å². The number of amidine groups is 1. The summed E-state index contributed by atoms with van der Waals surface area (Å²) in [5.74, 6) is 1.52. The van der Waals surface area contributed by atoms with E-state index in [1.54, 1.807) is 0 Å². The number of hydrogen-bond donors (Lipinski definition) is 2. The Labute approximate surface area is 129 Å². The standard InChI is InChI=1S/C16H23F2N3O/c17-13(18)6-3-11-1-4-12(5-2-11)14-20-15(22)16(21-14)7-9-19-10-8-16/h6,11-12,19H,1-5,7-10H2,(H,20,21,22)/t11-,12+. The molecule has 2 fully saturated rings. The average Bonchev–Trinajstić information content (AvgIpc) is 2.83. The summed E-state index contributed by atoms with van der Waals surface area (Å²) in [5.41, 5.74) is -0.544. The first-order chi connectivity index (χ1) is 10.6. The number of amides is 1. The molecular weight excluding hydrogens is 288 g/mol. The molecule has 3 aliphatic rings. The topological polar surface area (TPSA) is 53.5 Å². The molecule has 4 nitrogen and oxygen atoms in total. The van der Waals surface area contributed by atoms with Gasteiger partial charge in [-0.2, -0.15) is 8.78 Å². The molecule has 3 rings (SSSR count). The molecule has 0 unspecified atom stereocenters. The summed E-state index contributed by atoms with van der Waals surface area (Å²) in [6.07, 6.45) is 5.15. The highest BCUT2D eigenvalue weighted by molar-refractivity contribution is 6.09. The highest BCUT2D eigenvalue weighted by Gasteiger charge is 2.45. The minimum absolute atomic E-state index is 0.0496. The fourth-order valence-corrected chi connectivity index (χ4v) is 3.84. The van der Waals surface area contributed by atoms with E-state index >= 15 is 0 Å². The van der Waals surface area contributed by atoms with Crippen LogP contribution in [0, 0.1) is 11.8 Å². The first-order valence-corrected chi connectivity index (χ1v) is 8.22. The number of carbonyl (C=O) groups is 1. The molecule has 0 aromatic rings. The van der Waals surface area contributed by atoms with E-state index in [2.05, 4.69) is 10.6 Å². The number of allylic oxidation sites excluding steroid dienone is 1. The van der Waals surface area contributed by atoms with Gasteiger partial charge in [-0.15, -0.1) is 0 Å². The van der Waals surface area contributed by atoms with E-state index in [1.807, 2.05) is 0 Å². The van der Waals surface area contributed by atoms with Crippen LogP contribution in [0.5, 0.6) is 0 Å². The van der Waals surface area contributed by atoms with Gasteiger partial charge in [0.05, 0.1) is 0 Å². The van der Waals surface area contributed by atoms with Crippen LogP contribution in [0.3, 0.4) is 0 Å². The minimum atomic E-state index is -1.58. The molecule has 6 heteroatoms. The van der Waals surface area contributed by atoms with Crippen LogP contribution in [0.25, 0.3) is 0 Å². The van der Waals surface area contributed by atoms with Crippen molar-refractivity contribution in [1.82, 2.24) is 10.6 Å². The molecule has 1 spiro atoms. The van der Waals surface area contributed by atoms with Crippen molar-refractivity contribution in [3.8, 4) is 0 Å². The van der Waals surface area contributed by atoms with Crippen molar-refractivity contribution in [2.75, 3.05) is 13.1 Å². The van der Waals surface area contributed by atoms with Crippen LogP contribution >= 0.6 is 0 Å². The van der Waals surface area contributed by atoms with Crippen LogP contribution in [-0.2, 0) is 4.79 Å². The number of hydrogen-bond acceptors (Lipinski definition) is 3. The maximum Gasteiger partial charge on any atom is 0.266 e. The molecule has 1 saturated carbocycles. The highest BCUT2D eigenvalue weighted by Crippen LogP contribution is 2.35. The van der Waals surface area contributed by atoms with Gasteiger partial charge < -0.3 is 10.6 Å². The second-order valence-electron chi connectivity index (χ2n) is 6.68. The molecule has 0 aromatic carbocycles. The third kappa shape index (κ3) is 3.21.